The van der Waals surface area contributed by atoms with E-state index >= 15 is 0 Å². The molecule has 24 heavy (non-hydrogen) atoms. The molecule has 1 saturated carbocycles. The minimum absolute atomic E-state index is 0.0221. The Morgan fingerprint density at radius 1 is 1.17 bits per heavy atom. The van der Waals surface area contributed by atoms with Crippen molar-refractivity contribution >= 4 is 29.1 Å². The highest BCUT2D eigenvalue weighted by atomic mass is 16.2. The van der Waals surface area contributed by atoms with Crippen LogP contribution in [0.1, 0.15) is 46.0 Å². The molecular formula is C18H25N3O3. The van der Waals surface area contributed by atoms with Gasteiger partial charge in [-0.1, -0.05) is 18.9 Å². The van der Waals surface area contributed by atoms with E-state index in [0.717, 1.165) is 12.8 Å². The number of hydrogen-bond donors (Lipinski definition) is 2. The molecular weight excluding hydrogens is 306 g/mol. The van der Waals surface area contributed by atoms with Crippen LogP contribution in [0.25, 0.3) is 0 Å². The fourth-order valence-corrected chi connectivity index (χ4v) is 3.01. The first-order chi connectivity index (χ1) is 11.5. The van der Waals surface area contributed by atoms with Crippen LogP contribution in [0.5, 0.6) is 0 Å². The standard InChI is InChI=1S/C18H25N3O3/c1-13(22)19-16-8-5-9-17(12-16)21(14(2)23)11-10-18(24)20-15-6-3-4-7-15/h5,8-9,12,15H,3-4,6-7,10-11H2,1-2H3,(H,19,22)(H,20,24). The maximum absolute atomic E-state index is 12.1. The van der Waals surface area contributed by atoms with Crippen LogP contribution in [0.2, 0.25) is 0 Å². The Hall–Kier alpha value is -2.37. The maximum atomic E-state index is 12.1. The number of nitrogens with one attached hydrogen (secondary N) is 2. The zero-order chi connectivity index (χ0) is 17.5. The molecule has 0 unspecified atom stereocenters. The van der Waals surface area contributed by atoms with Gasteiger partial charge in [-0.15, -0.1) is 0 Å². The maximum Gasteiger partial charge on any atom is 0.223 e. The molecule has 0 aliphatic heterocycles. The van der Waals surface area contributed by atoms with Crippen LogP contribution in [0.3, 0.4) is 0 Å². The number of rotatable bonds is 6. The van der Waals surface area contributed by atoms with E-state index in [4.69, 9.17) is 0 Å². The molecule has 0 bridgehead atoms. The first-order valence-electron chi connectivity index (χ1n) is 8.41. The van der Waals surface area contributed by atoms with Crippen molar-refractivity contribution in [2.75, 3.05) is 16.8 Å². The second-order valence-electron chi connectivity index (χ2n) is 6.20. The minimum atomic E-state index is -0.169. The Bertz CT molecular complexity index is 609. The number of anilines is 2. The number of amides is 3. The van der Waals surface area contributed by atoms with Crippen LogP contribution >= 0.6 is 0 Å². The zero-order valence-electron chi connectivity index (χ0n) is 14.3. The average molecular weight is 331 g/mol. The Kier molecular flexibility index (Phi) is 6.35. The summed E-state index contributed by atoms with van der Waals surface area (Å²) >= 11 is 0. The van der Waals surface area contributed by atoms with Gasteiger partial charge in [0.15, 0.2) is 0 Å². The number of carbonyl (C=O) groups is 3. The predicted molar refractivity (Wildman–Crippen MR) is 93.8 cm³/mol. The summed E-state index contributed by atoms with van der Waals surface area (Å²) < 4.78 is 0. The first kappa shape index (κ1) is 18.0. The summed E-state index contributed by atoms with van der Waals surface area (Å²) in [7, 11) is 0. The van der Waals surface area contributed by atoms with E-state index in [9.17, 15) is 14.4 Å². The van der Waals surface area contributed by atoms with Crippen LogP contribution in [0, 0.1) is 0 Å². The van der Waals surface area contributed by atoms with Gasteiger partial charge in [-0.2, -0.15) is 0 Å². The third-order valence-corrected chi connectivity index (χ3v) is 4.14. The quantitative estimate of drug-likeness (QED) is 0.840. The summed E-state index contributed by atoms with van der Waals surface area (Å²) in [5, 5.41) is 5.72. The lowest BCUT2D eigenvalue weighted by Gasteiger charge is -2.22. The molecule has 0 atom stereocenters. The van der Waals surface area contributed by atoms with E-state index in [2.05, 4.69) is 10.6 Å². The molecule has 1 aromatic rings. The Morgan fingerprint density at radius 3 is 2.50 bits per heavy atom. The average Bonchev–Trinajstić information content (AvgIpc) is 2.99. The normalized spacial score (nSPS) is 14.2. The Labute approximate surface area is 142 Å². The van der Waals surface area contributed by atoms with Gasteiger partial charge in [0.05, 0.1) is 0 Å². The zero-order valence-corrected chi connectivity index (χ0v) is 14.3. The van der Waals surface area contributed by atoms with Crippen molar-refractivity contribution < 1.29 is 14.4 Å². The summed E-state index contributed by atoms with van der Waals surface area (Å²) in [5.41, 5.74) is 1.30. The van der Waals surface area contributed by atoms with Gasteiger partial charge >= 0.3 is 0 Å². The highest BCUT2D eigenvalue weighted by Gasteiger charge is 2.19. The molecule has 0 spiro atoms. The highest BCUT2D eigenvalue weighted by molar-refractivity contribution is 5.94. The van der Waals surface area contributed by atoms with Crippen molar-refractivity contribution in [1.29, 1.82) is 0 Å². The van der Waals surface area contributed by atoms with Gasteiger partial charge in [-0.3, -0.25) is 14.4 Å². The van der Waals surface area contributed by atoms with Crippen LogP contribution in [-0.2, 0) is 14.4 Å². The number of nitrogens with zero attached hydrogens (tertiary/aromatic N) is 1. The summed E-state index contributed by atoms with van der Waals surface area (Å²) in [6, 6.07) is 7.34. The summed E-state index contributed by atoms with van der Waals surface area (Å²) in [4.78, 5) is 36.7. The van der Waals surface area contributed by atoms with E-state index in [1.54, 1.807) is 29.2 Å². The molecule has 1 aliphatic carbocycles. The van der Waals surface area contributed by atoms with Crippen LogP contribution in [0.4, 0.5) is 11.4 Å². The molecule has 130 valence electrons. The number of benzene rings is 1. The fraction of sp³-hybridized carbons (Fsp3) is 0.500. The van der Waals surface area contributed by atoms with E-state index in [1.807, 2.05) is 0 Å². The molecule has 6 nitrogen and oxygen atoms in total. The van der Waals surface area contributed by atoms with E-state index in [1.165, 1.54) is 26.7 Å². The van der Waals surface area contributed by atoms with Gasteiger partial charge in [0.2, 0.25) is 17.7 Å². The molecule has 0 aromatic heterocycles. The molecule has 2 N–H and O–H groups in total. The monoisotopic (exact) mass is 331 g/mol. The van der Waals surface area contributed by atoms with Crippen molar-refractivity contribution in [3.05, 3.63) is 24.3 Å². The van der Waals surface area contributed by atoms with Gasteiger partial charge in [-0.05, 0) is 31.0 Å². The minimum Gasteiger partial charge on any atom is -0.353 e. The van der Waals surface area contributed by atoms with Gasteiger partial charge in [0.1, 0.15) is 0 Å². The molecule has 0 heterocycles. The largest absolute Gasteiger partial charge is 0.353 e. The number of hydrogen-bond acceptors (Lipinski definition) is 3. The third-order valence-electron chi connectivity index (χ3n) is 4.14. The summed E-state index contributed by atoms with van der Waals surface area (Å²) in [6.07, 6.45) is 4.68. The topological polar surface area (TPSA) is 78.5 Å². The lowest BCUT2D eigenvalue weighted by Crippen LogP contribution is -2.37. The van der Waals surface area contributed by atoms with Crippen LogP contribution < -0.4 is 15.5 Å². The third kappa shape index (κ3) is 5.37. The molecule has 6 heteroatoms. The molecule has 1 fully saturated rings. The highest BCUT2D eigenvalue weighted by Crippen LogP contribution is 2.21. The van der Waals surface area contributed by atoms with E-state index < -0.39 is 0 Å². The van der Waals surface area contributed by atoms with Crippen molar-refractivity contribution in [3.8, 4) is 0 Å². The Balaban J connectivity index is 1.97. The molecule has 2 rings (SSSR count). The van der Waals surface area contributed by atoms with Crippen molar-refractivity contribution in [2.24, 2.45) is 0 Å². The molecule has 0 radical (unpaired) electrons. The van der Waals surface area contributed by atoms with Crippen LogP contribution in [-0.4, -0.2) is 30.3 Å². The lowest BCUT2D eigenvalue weighted by molar-refractivity contribution is -0.121. The van der Waals surface area contributed by atoms with Crippen molar-refractivity contribution in [3.63, 3.8) is 0 Å². The van der Waals surface area contributed by atoms with Gasteiger partial charge < -0.3 is 15.5 Å². The summed E-state index contributed by atoms with van der Waals surface area (Å²) in [5.74, 6) is -0.327. The lowest BCUT2D eigenvalue weighted by atomic mass is 10.2. The predicted octanol–water partition coefficient (Wildman–Crippen LogP) is 2.45. The first-order valence-corrected chi connectivity index (χ1v) is 8.41. The van der Waals surface area contributed by atoms with E-state index in [0.29, 0.717) is 17.9 Å². The molecule has 3 amide bonds. The van der Waals surface area contributed by atoms with Gasteiger partial charge in [0, 0.05) is 44.2 Å². The van der Waals surface area contributed by atoms with E-state index in [-0.39, 0.29) is 30.2 Å². The second kappa shape index (κ2) is 8.47. The summed E-state index contributed by atoms with van der Waals surface area (Å²) in [6.45, 7) is 3.22. The van der Waals surface area contributed by atoms with Crippen molar-refractivity contribution in [2.45, 2.75) is 52.0 Å². The van der Waals surface area contributed by atoms with Gasteiger partial charge in [-0.25, -0.2) is 0 Å². The molecule has 0 saturated heterocycles. The number of carbonyl (C=O) groups excluding carboxylic acids is 3. The molecule has 1 aliphatic rings. The van der Waals surface area contributed by atoms with Gasteiger partial charge in [0.25, 0.3) is 0 Å². The SMILES string of the molecule is CC(=O)Nc1cccc(N(CCC(=O)NC2CCCC2)C(C)=O)c1. The Morgan fingerprint density at radius 2 is 1.88 bits per heavy atom. The second-order valence-corrected chi connectivity index (χ2v) is 6.20. The molecule has 1 aromatic carbocycles. The fourth-order valence-electron chi connectivity index (χ4n) is 3.01. The van der Waals surface area contributed by atoms with Crippen LogP contribution in [0.15, 0.2) is 24.3 Å². The smallest absolute Gasteiger partial charge is 0.223 e. The van der Waals surface area contributed by atoms with Crippen molar-refractivity contribution in [1.82, 2.24) is 5.32 Å².